The molecule has 8 heteroatoms. The van der Waals surface area contributed by atoms with Gasteiger partial charge in [0.2, 0.25) is 10.0 Å². The Morgan fingerprint density at radius 3 is 2.85 bits per heavy atom. The molecule has 1 heterocycles. The molecule has 0 radical (unpaired) electrons. The van der Waals surface area contributed by atoms with Crippen LogP contribution in [-0.2, 0) is 14.8 Å². The van der Waals surface area contributed by atoms with Crippen molar-refractivity contribution in [3.05, 3.63) is 23.2 Å². The third-order valence-corrected chi connectivity index (χ3v) is 5.53. The SMILES string of the molecule is CC1COC(CO)CN1S(=O)(=O)c1ccc(N)c(Cl)c1. The molecule has 0 spiro atoms. The number of nitrogens with two attached hydrogens (primary N) is 1. The number of nitrogen functional groups attached to an aromatic ring is 1. The minimum atomic E-state index is -3.69. The minimum absolute atomic E-state index is 0.0853. The Morgan fingerprint density at radius 1 is 1.55 bits per heavy atom. The van der Waals surface area contributed by atoms with Crippen LogP contribution in [0.25, 0.3) is 0 Å². The molecule has 0 amide bonds. The van der Waals surface area contributed by atoms with Crippen molar-refractivity contribution in [2.75, 3.05) is 25.5 Å². The molecular weight excluding hydrogens is 304 g/mol. The molecule has 20 heavy (non-hydrogen) atoms. The number of hydrogen-bond donors (Lipinski definition) is 2. The maximum atomic E-state index is 12.6. The van der Waals surface area contributed by atoms with Gasteiger partial charge in [-0.15, -0.1) is 0 Å². The quantitative estimate of drug-likeness (QED) is 0.799. The fraction of sp³-hybridized carbons (Fsp3) is 0.500. The number of morpholine rings is 1. The van der Waals surface area contributed by atoms with E-state index in [4.69, 9.17) is 27.2 Å². The molecule has 2 unspecified atom stereocenters. The second-order valence-corrected chi connectivity index (χ2v) is 7.04. The monoisotopic (exact) mass is 320 g/mol. The maximum absolute atomic E-state index is 12.6. The van der Waals surface area contributed by atoms with Gasteiger partial charge in [-0.1, -0.05) is 11.6 Å². The Bertz CT molecular complexity index is 593. The third-order valence-electron chi connectivity index (χ3n) is 3.23. The van der Waals surface area contributed by atoms with Crippen LogP contribution in [0.5, 0.6) is 0 Å². The van der Waals surface area contributed by atoms with Gasteiger partial charge in [-0.25, -0.2) is 8.42 Å². The zero-order chi connectivity index (χ0) is 14.9. The molecule has 2 rings (SSSR count). The van der Waals surface area contributed by atoms with E-state index in [-0.39, 0.29) is 35.7 Å². The predicted molar refractivity (Wildman–Crippen MR) is 76.0 cm³/mol. The summed E-state index contributed by atoms with van der Waals surface area (Å²) in [5.74, 6) is 0. The van der Waals surface area contributed by atoms with Crippen molar-refractivity contribution in [3.8, 4) is 0 Å². The van der Waals surface area contributed by atoms with Crippen LogP contribution in [0, 0.1) is 0 Å². The molecule has 1 fully saturated rings. The summed E-state index contributed by atoms with van der Waals surface area (Å²) in [5.41, 5.74) is 5.92. The first-order chi connectivity index (χ1) is 9.36. The second-order valence-electron chi connectivity index (χ2n) is 4.74. The predicted octanol–water partition coefficient (Wildman–Crippen LogP) is 0.693. The normalized spacial score (nSPS) is 24.8. The number of sulfonamides is 1. The summed E-state index contributed by atoms with van der Waals surface area (Å²) in [7, 11) is -3.69. The fourth-order valence-corrected chi connectivity index (χ4v) is 3.96. The Balaban J connectivity index is 2.35. The van der Waals surface area contributed by atoms with E-state index in [1.54, 1.807) is 6.92 Å². The van der Waals surface area contributed by atoms with Gasteiger partial charge in [-0.2, -0.15) is 4.31 Å². The molecule has 0 aromatic heterocycles. The Kier molecular flexibility index (Phi) is 4.55. The van der Waals surface area contributed by atoms with Crippen LogP contribution < -0.4 is 5.73 Å². The van der Waals surface area contributed by atoms with Crippen LogP contribution in [0.3, 0.4) is 0 Å². The van der Waals surface area contributed by atoms with Gasteiger partial charge in [0.15, 0.2) is 0 Å². The summed E-state index contributed by atoms with van der Waals surface area (Å²) in [6.07, 6.45) is -0.509. The lowest BCUT2D eigenvalue weighted by Crippen LogP contribution is -2.51. The largest absolute Gasteiger partial charge is 0.398 e. The molecule has 112 valence electrons. The van der Waals surface area contributed by atoms with Gasteiger partial charge in [0.05, 0.1) is 34.9 Å². The summed E-state index contributed by atoms with van der Waals surface area (Å²) in [4.78, 5) is 0.0853. The number of benzene rings is 1. The van der Waals surface area contributed by atoms with Crippen molar-refractivity contribution < 1.29 is 18.3 Å². The van der Waals surface area contributed by atoms with Crippen LogP contribution in [0.1, 0.15) is 6.92 Å². The molecule has 0 aliphatic carbocycles. The van der Waals surface area contributed by atoms with Crippen molar-refractivity contribution in [2.24, 2.45) is 0 Å². The smallest absolute Gasteiger partial charge is 0.243 e. The van der Waals surface area contributed by atoms with Crippen molar-refractivity contribution in [3.63, 3.8) is 0 Å². The molecule has 1 aromatic rings. The molecule has 1 saturated heterocycles. The van der Waals surface area contributed by atoms with Gasteiger partial charge in [-0.3, -0.25) is 0 Å². The Hall–Kier alpha value is -0.860. The van der Waals surface area contributed by atoms with E-state index in [2.05, 4.69) is 0 Å². The zero-order valence-corrected chi connectivity index (χ0v) is 12.6. The number of halogens is 1. The molecule has 1 aliphatic heterocycles. The Morgan fingerprint density at radius 2 is 2.25 bits per heavy atom. The van der Waals surface area contributed by atoms with E-state index in [9.17, 15) is 8.42 Å². The summed E-state index contributed by atoms with van der Waals surface area (Å²) in [5, 5.41) is 9.33. The van der Waals surface area contributed by atoms with E-state index < -0.39 is 16.1 Å². The molecule has 1 aromatic carbocycles. The van der Waals surface area contributed by atoms with E-state index in [0.29, 0.717) is 5.69 Å². The number of ether oxygens (including phenoxy) is 1. The number of hydrogen-bond acceptors (Lipinski definition) is 5. The number of anilines is 1. The summed E-state index contributed by atoms with van der Waals surface area (Å²) < 4.78 is 31.9. The highest BCUT2D eigenvalue weighted by molar-refractivity contribution is 7.89. The van der Waals surface area contributed by atoms with Gasteiger partial charge < -0.3 is 15.6 Å². The van der Waals surface area contributed by atoms with Crippen LogP contribution in [-0.4, -0.2) is 49.7 Å². The highest BCUT2D eigenvalue weighted by Gasteiger charge is 2.35. The molecule has 3 N–H and O–H groups in total. The van der Waals surface area contributed by atoms with Crippen molar-refractivity contribution >= 4 is 27.3 Å². The molecule has 1 aliphatic rings. The van der Waals surface area contributed by atoms with Gasteiger partial charge >= 0.3 is 0 Å². The van der Waals surface area contributed by atoms with Crippen molar-refractivity contribution in [1.29, 1.82) is 0 Å². The average molecular weight is 321 g/mol. The van der Waals surface area contributed by atoms with E-state index >= 15 is 0 Å². The highest BCUT2D eigenvalue weighted by atomic mass is 35.5. The van der Waals surface area contributed by atoms with Crippen molar-refractivity contribution in [2.45, 2.75) is 24.0 Å². The van der Waals surface area contributed by atoms with Crippen LogP contribution in [0.2, 0.25) is 5.02 Å². The van der Waals surface area contributed by atoms with Crippen LogP contribution in [0.4, 0.5) is 5.69 Å². The summed E-state index contributed by atoms with van der Waals surface area (Å²) in [6, 6.07) is 3.91. The number of nitrogens with zero attached hydrogens (tertiary/aromatic N) is 1. The number of aliphatic hydroxyl groups excluding tert-OH is 1. The lowest BCUT2D eigenvalue weighted by Gasteiger charge is -2.36. The van der Waals surface area contributed by atoms with Gasteiger partial charge in [-0.05, 0) is 25.1 Å². The van der Waals surface area contributed by atoms with Gasteiger partial charge in [0.25, 0.3) is 0 Å². The fourth-order valence-electron chi connectivity index (χ4n) is 2.04. The van der Waals surface area contributed by atoms with Gasteiger partial charge in [0, 0.05) is 12.6 Å². The van der Waals surface area contributed by atoms with Crippen LogP contribution in [0.15, 0.2) is 23.1 Å². The molecule has 0 bridgehead atoms. The second kappa shape index (κ2) is 5.87. The first kappa shape index (κ1) is 15.5. The van der Waals surface area contributed by atoms with E-state index in [1.165, 1.54) is 22.5 Å². The standard InChI is InChI=1S/C12H17ClN2O4S/c1-8-7-19-9(6-16)5-15(8)20(17,18)10-2-3-12(14)11(13)4-10/h2-4,8-9,16H,5-7,14H2,1H3. The number of rotatable bonds is 3. The van der Waals surface area contributed by atoms with Crippen LogP contribution >= 0.6 is 11.6 Å². The lowest BCUT2D eigenvalue weighted by atomic mass is 10.2. The Labute approximate surface area is 123 Å². The molecule has 0 saturated carbocycles. The molecule has 6 nitrogen and oxygen atoms in total. The first-order valence-electron chi connectivity index (χ1n) is 6.15. The summed E-state index contributed by atoms with van der Waals surface area (Å²) >= 11 is 5.88. The molecular formula is C12H17ClN2O4S. The van der Waals surface area contributed by atoms with E-state index in [1.807, 2.05) is 0 Å². The average Bonchev–Trinajstić information content (AvgIpc) is 2.42. The number of aliphatic hydroxyl groups is 1. The summed E-state index contributed by atoms with van der Waals surface area (Å²) in [6.45, 7) is 1.89. The first-order valence-corrected chi connectivity index (χ1v) is 7.97. The van der Waals surface area contributed by atoms with Crippen molar-refractivity contribution in [1.82, 2.24) is 4.31 Å². The molecule has 2 atom stereocenters. The topological polar surface area (TPSA) is 92.9 Å². The third kappa shape index (κ3) is 2.91. The minimum Gasteiger partial charge on any atom is -0.398 e. The zero-order valence-electron chi connectivity index (χ0n) is 11.0. The highest BCUT2D eigenvalue weighted by Crippen LogP contribution is 2.27. The van der Waals surface area contributed by atoms with Gasteiger partial charge in [0.1, 0.15) is 0 Å². The maximum Gasteiger partial charge on any atom is 0.243 e. The van der Waals surface area contributed by atoms with E-state index in [0.717, 1.165) is 0 Å². The lowest BCUT2D eigenvalue weighted by molar-refractivity contribution is -0.0516.